The highest BCUT2D eigenvalue weighted by Gasteiger charge is 2.19. The maximum atomic E-state index is 12.0. The zero-order chi connectivity index (χ0) is 13.7. The summed E-state index contributed by atoms with van der Waals surface area (Å²) >= 11 is 1.27. The van der Waals surface area contributed by atoms with Crippen LogP contribution >= 0.6 is 11.3 Å². The summed E-state index contributed by atoms with van der Waals surface area (Å²) in [5, 5.41) is 19.4. The minimum atomic E-state index is -0.433. The Kier molecular flexibility index (Phi) is 3.91. The summed E-state index contributed by atoms with van der Waals surface area (Å²) in [6.45, 7) is -0.278. The zero-order valence-corrected chi connectivity index (χ0v) is 10.6. The van der Waals surface area contributed by atoms with E-state index in [1.54, 1.807) is 17.5 Å². The van der Waals surface area contributed by atoms with Crippen LogP contribution in [0.2, 0.25) is 0 Å². The Morgan fingerprint density at radius 1 is 1.42 bits per heavy atom. The minimum Gasteiger partial charge on any atom is -0.462 e. The van der Waals surface area contributed by atoms with Crippen molar-refractivity contribution < 1.29 is 9.21 Å². The van der Waals surface area contributed by atoms with Crippen molar-refractivity contribution in [2.45, 2.75) is 0 Å². The van der Waals surface area contributed by atoms with Crippen molar-refractivity contribution in [3.8, 4) is 22.9 Å². The summed E-state index contributed by atoms with van der Waals surface area (Å²) in [7, 11) is 0. The Morgan fingerprint density at radius 2 is 2.16 bits per heavy atom. The highest BCUT2D eigenvalue weighted by molar-refractivity contribution is 7.13. The van der Waals surface area contributed by atoms with Gasteiger partial charge in [0.05, 0.1) is 18.4 Å². The number of thiazole rings is 1. The summed E-state index contributed by atoms with van der Waals surface area (Å²) in [6.07, 6.45) is 1.52. The van der Waals surface area contributed by atoms with Crippen molar-refractivity contribution in [2.75, 3.05) is 13.1 Å². The van der Waals surface area contributed by atoms with E-state index in [-0.39, 0.29) is 18.8 Å². The van der Waals surface area contributed by atoms with Crippen LogP contribution in [0.5, 0.6) is 0 Å². The molecule has 1 amide bonds. The number of carbonyl (C=O) groups is 1. The van der Waals surface area contributed by atoms with Crippen molar-refractivity contribution in [1.82, 2.24) is 9.88 Å². The van der Waals surface area contributed by atoms with Gasteiger partial charge in [-0.05, 0) is 12.1 Å². The highest BCUT2D eigenvalue weighted by atomic mass is 32.1. The van der Waals surface area contributed by atoms with Crippen molar-refractivity contribution >= 4 is 17.2 Å². The average molecular weight is 272 g/mol. The van der Waals surface area contributed by atoms with Crippen LogP contribution < -0.4 is 0 Å². The molecule has 0 aliphatic carbocycles. The molecule has 2 heterocycles. The summed E-state index contributed by atoms with van der Waals surface area (Å²) in [4.78, 5) is 17.3. The molecular weight excluding hydrogens is 264 g/mol. The second-order valence-electron chi connectivity index (χ2n) is 3.49. The van der Waals surface area contributed by atoms with Crippen molar-refractivity contribution in [3.05, 3.63) is 29.5 Å². The first-order valence-electron chi connectivity index (χ1n) is 5.29. The molecule has 0 unspecified atom stereocenters. The Hall–Kier alpha value is -2.64. The van der Waals surface area contributed by atoms with Crippen molar-refractivity contribution in [1.29, 1.82) is 10.5 Å². The number of nitrogens with zero attached hydrogens (tertiary/aromatic N) is 4. The van der Waals surface area contributed by atoms with E-state index in [9.17, 15) is 4.79 Å². The summed E-state index contributed by atoms with van der Waals surface area (Å²) in [5.41, 5.74) is 0.210. The molecule has 6 nitrogen and oxygen atoms in total. The molecule has 0 spiro atoms. The lowest BCUT2D eigenvalue weighted by Crippen LogP contribution is -2.32. The first-order chi connectivity index (χ1) is 9.26. The largest absolute Gasteiger partial charge is 0.462 e. The molecule has 0 N–H and O–H groups in total. The number of hydrogen-bond acceptors (Lipinski definition) is 6. The smallest absolute Gasteiger partial charge is 0.275 e. The molecule has 0 radical (unpaired) electrons. The van der Waals surface area contributed by atoms with Gasteiger partial charge in [0.15, 0.2) is 10.8 Å². The Labute approximate surface area is 113 Å². The number of aromatic nitrogens is 1. The lowest BCUT2D eigenvalue weighted by atomic mass is 10.3. The fourth-order valence-electron chi connectivity index (χ4n) is 1.42. The molecule has 7 heteroatoms. The molecule has 0 atom stereocenters. The standard InChI is InChI=1S/C12H8N4O2S/c13-3-5-16(6-4-14)12(17)9-8-19-11(15-9)10-2-1-7-18-10/h1-2,7-8H,5-6H2. The van der Waals surface area contributed by atoms with Crippen molar-refractivity contribution in [2.24, 2.45) is 0 Å². The van der Waals surface area contributed by atoms with Gasteiger partial charge in [-0.1, -0.05) is 0 Å². The van der Waals surface area contributed by atoms with E-state index in [1.807, 2.05) is 12.1 Å². The van der Waals surface area contributed by atoms with Gasteiger partial charge in [-0.3, -0.25) is 4.79 Å². The van der Waals surface area contributed by atoms with Crippen LogP contribution in [-0.2, 0) is 0 Å². The molecule has 0 bridgehead atoms. The number of carbonyl (C=O) groups excluding carboxylic acids is 1. The van der Waals surface area contributed by atoms with Crippen LogP contribution in [0, 0.1) is 22.7 Å². The van der Waals surface area contributed by atoms with E-state index in [0.717, 1.165) is 4.90 Å². The third kappa shape index (κ3) is 2.79. The van der Waals surface area contributed by atoms with Gasteiger partial charge < -0.3 is 9.32 Å². The number of furan rings is 1. The maximum Gasteiger partial charge on any atom is 0.275 e. The molecule has 2 aromatic rings. The number of amides is 1. The first kappa shape index (κ1) is 12.8. The monoisotopic (exact) mass is 272 g/mol. The normalized spacial score (nSPS) is 9.58. The van der Waals surface area contributed by atoms with Crippen LogP contribution in [0.4, 0.5) is 0 Å². The minimum absolute atomic E-state index is 0.139. The van der Waals surface area contributed by atoms with Crippen LogP contribution in [-0.4, -0.2) is 28.9 Å². The zero-order valence-electron chi connectivity index (χ0n) is 9.74. The Morgan fingerprint density at radius 3 is 2.74 bits per heavy atom. The molecule has 2 rings (SSSR count). The van der Waals surface area contributed by atoms with Gasteiger partial charge in [-0.2, -0.15) is 10.5 Å². The van der Waals surface area contributed by atoms with E-state index in [0.29, 0.717) is 10.8 Å². The number of rotatable bonds is 4. The summed E-state index contributed by atoms with van der Waals surface area (Å²) < 4.78 is 5.19. The fourth-order valence-corrected chi connectivity index (χ4v) is 2.18. The van der Waals surface area contributed by atoms with E-state index in [4.69, 9.17) is 14.9 Å². The summed E-state index contributed by atoms with van der Waals surface area (Å²) in [6, 6.07) is 7.17. The van der Waals surface area contributed by atoms with Gasteiger partial charge in [-0.25, -0.2) is 4.98 Å². The second kappa shape index (κ2) is 5.80. The van der Waals surface area contributed by atoms with E-state index in [1.165, 1.54) is 17.6 Å². The molecular formula is C12H8N4O2S. The molecule has 19 heavy (non-hydrogen) atoms. The van der Waals surface area contributed by atoms with Gasteiger partial charge in [0.1, 0.15) is 18.8 Å². The molecule has 0 saturated carbocycles. The molecule has 94 valence electrons. The van der Waals surface area contributed by atoms with Gasteiger partial charge in [0.25, 0.3) is 5.91 Å². The second-order valence-corrected chi connectivity index (χ2v) is 4.35. The quantitative estimate of drug-likeness (QED) is 0.792. The van der Waals surface area contributed by atoms with E-state index < -0.39 is 5.91 Å². The lowest BCUT2D eigenvalue weighted by molar-refractivity contribution is 0.0790. The van der Waals surface area contributed by atoms with Crippen LogP contribution in [0.3, 0.4) is 0 Å². The highest BCUT2D eigenvalue weighted by Crippen LogP contribution is 2.24. The molecule has 0 aliphatic heterocycles. The van der Waals surface area contributed by atoms with Crippen molar-refractivity contribution in [3.63, 3.8) is 0 Å². The Balaban J connectivity index is 2.20. The number of nitriles is 2. The fraction of sp³-hybridized carbons (Fsp3) is 0.167. The van der Waals surface area contributed by atoms with Crippen LogP contribution in [0.15, 0.2) is 28.2 Å². The molecule has 0 fully saturated rings. The number of hydrogen-bond donors (Lipinski definition) is 0. The lowest BCUT2D eigenvalue weighted by Gasteiger charge is -2.13. The van der Waals surface area contributed by atoms with Crippen LogP contribution in [0.25, 0.3) is 10.8 Å². The van der Waals surface area contributed by atoms with Gasteiger partial charge in [0, 0.05) is 5.38 Å². The molecule has 0 aliphatic rings. The third-order valence-corrected chi connectivity index (χ3v) is 3.12. The average Bonchev–Trinajstić information content (AvgIpc) is 3.08. The molecule has 0 aromatic carbocycles. The third-order valence-electron chi connectivity index (χ3n) is 2.27. The topological polar surface area (TPSA) is 93.9 Å². The van der Waals surface area contributed by atoms with Gasteiger partial charge in [-0.15, -0.1) is 11.3 Å². The van der Waals surface area contributed by atoms with E-state index >= 15 is 0 Å². The molecule has 0 saturated heterocycles. The summed E-state index contributed by atoms with van der Waals surface area (Å²) in [5.74, 6) is 0.147. The first-order valence-corrected chi connectivity index (χ1v) is 6.17. The van der Waals surface area contributed by atoms with E-state index in [2.05, 4.69) is 4.98 Å². The maximum absolute atomic E-state index is 12.0. The van der Waals surface area contributed by atoms with Gasteiger partial charge >= 0.3 is 0 Å². The predicted molar refractivity (Wildman–Crippen MR) is 66.9 cm³/mol. The van der Waals surface area contributed by atoms with Gasteiger partial charge in [0.2, 0.25) is 0 Å². The Bertz CT molecular complexity index is 632. The molecule has 2 aromatic heterocycles. The van der Waals surface area contributed by atoms with Crippen LogP contribution in [0.1, 0.15) is 10.5 Å². The predicted octanol–water partition coefficient (Wildman–Crippen LogP) is 1.89. The SMILES string of the molecule is N#CCN(CC#N)C(=O)c1csc(-c2ccco2)n1.